The lowest BCUT2D eigenvalue weighted by atomic mass is 10.2. The maximum atomic E-state index is 13.1. The van der Waals surface area contributed by atoms with Gasteiger partial charge in [0, 0.05) is 26.9 Å². The van der Waals surface area contributed by atoms with Crippen molar-refractivity contribution in [1.29, 1.82) is 0 Å². The highest BCUT2D eigenvalue weighted by Crippen LogP contribution is 2.34. The highest BCUT2D eigenvalue weighted by Gasteiger charge is 2.35. The van der Waals surface area contributed by atoms with Crippen LogP contribution in [0.25, 0.3) is 11.7 Å². The minimum absolute atomic E-state index is 0.0205. The number of thiocarbonyl (C=S) groups is 1. The van der Waals surface area contributed by atoms with E-state index >= 15 is 0 Å². The third-order valence-corrected chi connectivity index (χ3v) is 6.11. The van der Waals surface area contributed by atoms with Crippen molar-refractivity contribution in [2.75, 3.05) is 32.1 Å². The van der Waals surface area contributed by atoms with Crippen LogP contribution in [0.3, 0.4) is 0 Å². The highest BCUT2D eigenvalue weighted by atomic mass is 32.2. The Morgan fingerprint density at radius 2 is 2.21 bits per heavy atom. The number of aromatic nitrogens is 2. The van der Waals surface area contributed by atoms with E-state index in [4.69, 9.17) is 17.0 Å². The van der Waals surface area contributed by atoms with Crippen molar-refractivity contribution >= 4 is 51.7 Å². The first-order valence-corrected chi connectivity index (χ1v) is 10.2. The van der Waals surface area contributed by atoms with Crippen LogP contribution in [-0.4, -0.2) is 57.9 Å². The molecule has 2 aromatic rings. The minimum atomic E-state index is -0.223. The smallest absolute Gasteiger partial charge is 0.267 e. The molecule has 0 aliphatic carbocycles. The molecule has 9 heteroatoms. The zero-order chi connectivity index (χ0) is 19.8. The monoisotopic (exact) mass is 416 g/mol. The van der Waals surface area contributed by atoms with E-state index in [0.717, 1.165) is 19.4 Å². The van der Waals surface area contributed by atoms with E-state index in [0.29, 0.717) is 32.8 Å². The molecule has 0 bridgehead atoms. The Labute approximate surface area is 172 Å². The number of anilines is 1. The summed E-state index contributed by atoms with van der Waals surface area (Å²) in [5.41, 5.74) is 0.698. The number of hydrogen-bond donors (Lipinski definition) is 0. The summed E-state index contributed by atoms with van der Waals surface area (Å²) in [7, 11) is 3.64. The molecular formula is C19H20N4O3S2. The Kier molecular flexibility index (Phi) is 5.22. The molecule has 28 heavy (non-hydrogen) atoms. The molecule has 0 spiro atoms. The Morgan fingerprint density at radius 1 is 1.39 bits per heavy atom. The largest absolute Gasteiger partial charge is 0.376 e. The number of carbonyl (C=O) groups excluding carboxylic acids is 1. The van der Waals surface area contributed by atoms with E-state index in [1.807, 2.05) is 20.2 Å². The number of thioether (sulfide) groups is 1. The summed E-state index contributed by atoms with van der Waals surface area (Å²) in [5.74, 6) is 0.327. The van der Waals surface area contributed by atoms with Crippen molar-refractivity contribution in [3.05, 3.63) is 45.2 Å². The van der Waals surface area contributed by atoms with E-state index in [2.05, 4.69) is 4.98 Å². The second kappa shape index (κ2) is 7.65. The third kappa shape index (κ3) is 3.45. The van der Waals surface area contributed by atoms with E-state index in [1.54, 1.807) is 34.2 Å². The lowest BCUT2D eigenvalue weighted by molar-refractivity contribution is -0.123. The van der Waals surface area contributed by atoms with Gasteiger partial charge in [-0.25, -0.2) is 4.98 Å². The topological polar surface area (TPSA) is 67.2 Å². The molecular weight excluding hydrogens is 396 g/mol. The molecule has 1 amide bonds. The average Bonchev–Trinajstić information content (AvgIpc) is 3.28. The highest BCUT2D eigenvalue weighted by molar-refractivity contribution is 8.26. The van der Waals surface area contributed by atoms with Gasteiger partial charge in [-0.3, -0.25) is 18.9 Å². The van der Waals surface area contributed by atoms with Crippen LogP contribution in [-0.2, 0) is 9.53 Å². The van der Waals surface area contributed by atoms with Gasteiger partial charge in [0.15, 0.2) is 0 Å². The summed E-state index contributed by atoms with van der Waals surface area (Å²) in [6, 6.07) is 5.38. The molecule has 2 fully saturated rings. The number of carbonyl (C=O) groups is 1. The fraction of sp³-hybridized carbons (Fsp3) is 0.368. The van der Waals surface area contributed by atoms with Gasteiger partial charge in [0.05, 0.1) is 23.1 Å². The fourth-order valence-electron chi connectivity index (χ4n) is 3.34. The van der Waals surface area contributed by atoms with Crippen LogP contribution in [0.4, 0.5) is 5.82 Å². The summed E-state index contributed by atoms with van der Waals surface area (Å²) >= 11 is 6.62. The molecule has 0 saturated carbocycles. The van der Waals surface area contributed by atoms with E-state index in [9.17, 15) is 9.59 Å². The van der Waals surface area contributed by atoms with Crippen molar-refractivity contribution in [2.45, 2.75) is 18.9 Å². The molecule has 2 aliphatic heterocycles. The van der Waals surface area contributed by atoms with Crippen LogP contribution < -0.4 is 10.5 Å². The molecule has 1 atom stereocenters. The number of hydrogen-bond acceptors (Lipinski definition) is 7. The first-order chi connectivity index (χ1) is 13.5. The normalized spacial score (nSPS) is 21.3. The summed E-state index contributed by atoms with van der Waals surface area (Å²) in [5, 5.41) is 0. The number of nitrogens with zero attached hydrogens (tertiary/aromatic N) is 4. The number of fused-ring (bicyclic) bond motifs is 1. The maximum absolute atomic E-state index is 13.1. The predicted molar refractivity (Wildman–Crippen MR) is 115 cm³/mol. The first kappa shape index (κ1) is 19.1. The Bertz CT molecular complexity index is 1040. The second-order valence-electron chi connectivity index (χ2n) is 6.90. The zero-order valence-corrected chi connectivity index (χ0v) is 17.3. The summed E-state index contributed by atoms with van der Waals surface area (Å²) in [4.78, 5) is 34.3. The van der Waals surface area contributed by atoms with E-state index in [-0.39, 0.29) is 17.6 Å². The van der Waals surface area contributed by atoms with Crippen LogP contribution in [0.2, 0.25) is 0 Å². The summed E-state index contributed by atoms with van der Waals surface area (Å²) < 4.78 is 7.60. The van der Waals surface area contributed by atoms with Crippen molar-refractivity contribution in [3.8, 4) is 0 Å². The van der Waals surface area contributed by atoms with Crippen LogP contribution in [0.15, 0.2) is 34.1 Å². The van der Waals surface area contributed by atoms with Crippen molar-refractivity contribution in [3.63, 3.8) is 0 Å². The van der Waals surface area contributed by atoms with Gasteiger partial charge in [-0.2, -0.15) is 0 Å². The molecule has 7 nitrogen and oxygen atoms in total. The average molecular weight is 417 g/mol. The lowest BCUT2D eigenvalue weighted by Crippen LogP contribution is -2.35. The Balaban J connectivity index is 1.74. The lowest BCUT2D eigenvalue weighted by Gasteiger charge is -2.18. The molecule has 2 aromatic heterocycles. The first-order valence-electron chi connectivity index (χ1n) is 9.01. The van der Waals surface area contributed by atoms with Crippen LogP contribution in [0, 0.1) is 0 Å². The van der Waals surface area contributed by atoms with Gasteiger partial charge in [0.2, 0.25) is 0 Å². The van der Waals surface area contributed by atoms with Crippen molar-refractivity contribution in [2.24, 2.45) is 0 Å². The van der Waals surface area contributed by atoms with Gasteiger partial charge in [0.25, 0.3) is 11.5 Å². The van der Waals surface area contributed by atoms with Crippen molar-refractivity contribution in [1.82, 2.24) is 14.3 Å². The molecule has 2 aliphatic rings. The van der Waals surface area contributed by atoms with Gasteiger partial charge in [-0.1, -0.05) is 30.0 Å². The predicted octanol–water partition coefficient (Wildman–Crippen LogP) is 2.14. The number of rotatable bonds is 4. The van der Waals surface area contributed by atoms with E-state index in [1.165, 1.54) is 16.2 Å². The fourth-order valence-corrected chi connectivity index (χ4v) is 4.60. The van der Waals surface area contributed by atoms with Crippen LogP contribution >= 0.6 is 24.0 Å². The van der Waals surface area contributed by atoms with Gasteiger partial charge in [-0.05, 0) is 31.1 Å². The van der Waals surface area contributed by atoms with Crippen LogP contribution in [0.1, 0.15) is 18.4 Å². The standard InChI is InChI=1S/C19H20N4O3S2/c1-21(2)16-13(17(24)22-8-4-3-7-15(22)20-16)10-14-18(25)23(19(27)28-14)11-12-6-5-9-26-12/h3-4,7-8,10,12H,5-6,9,11H2,1-2H3/b14-10+/t12-/m0/s1. The van der Waals surface area contributed by atoms with Crippen LogP contribution in [0.5, 0.6) is 0 Å². The number of ether oxygens (including phenoxy) is 1. The Morgan fingerprint density at radius 3 is 2.93 bits per heavy atom. The number of amides is 1. The van der Waals surface area contributed by atoms with Crippen molar-refractivity contribution < 1.29 is 9.53 Å². The van der Waals surface area contributed by atoms with Gasteiger partial charge in [0.1, 0.15) is 15.8 Å². The molecule has 146 valence electrons. The molecule has 0 radical (unpaired) electrons. The molecule has 4 rings (SSSR count). The summed E-state index contributed by atoms with van der Waals surface area (Å²) in [6.45, 7) is 1.18. The maximum Gasteiger partial charge on any atom is 0.267 e. The molecule has 0 unspecified atom stereocenters. The second-order valence-corrected chi connectivity index (χ2v) is 8.58. The molecule has 0 aromatic carbocycles. The zero-order valence-electron chi connectivity index (χ0n) is 15.6. The minimum Gasteiger partial charge on any atom is -0.376 e. The van der Waals surface area contributed by atoms with Gasteiger partial charge >= 0.3 is 0 Å². The van der Waals surface area contributed by atoms with Gasteiger partial charge in [-0.15, -0.1) is 0 Å². The molecule has 2 saturated heterocycles. The Hall–Kier alpha value is -2.23. The van der Waals surface area contributed by atoms with E-state index < -0.39 is 0 Å². The summed E-state index contributed by atoms with van der Waals surface area (Å²) in [6.07, 6.45) is 5.23. The quantitative estimate of drug-likeness (QED) is 0.559. The number of pyridine rings is 1. The SMILES string of the molecule is CN(C)c1nc2ccccn2c(=O)c1/C=C1/SC(=S)N(C[C@@H]2CCCO2)C1=O. The molecule has 4 heterocycles. The van der Waals surface area contributed by atoms with Gasteiger partial charge < -0.3 is 9.64 Å². The molecule has 0 N–H and O–H groups in total. The third-order valence-electron chi connectivity index (χ3n) is 4.73.